The van der Waals surface area contributed by atoms with Crippen LogP contribution in [-0.2, 0) is 11.0 Å². The van der Waals surface area contributed by atoms with Crippen LogP contribution in [0.15, 0.2) is 60.8 Å². The van der Waals surface area contributed by atoms with E-state index in [0.29, 0.717) is 19.2 Å². The van der Waals surface area contributed by atoms with Crippen molar-refractivity contribution >= 4 is 11.6 Å². The van der Waals surface area contributed by atoms with Crippen LogP contribution in [0.5, 0.6) is 0 Å². The van der Waals surface area contributed by atoms with Gasteiger partial charge in [-0.05, 0) is 41.8 Å². The summed E-state index contributed by atoms with van der Waals surface area (Å²) in [6, 6.07) is 16.1. The number of pyridine rings is 1. The molecule has 1 saturated heterocycles. The first kappa shape index (κ1) is 25.3. The van der Waals surface area contributed by atoms with E-state index < -0.39 is 28.9 Å². The van der Waals surface area contributed by atoms with Gasteiger partial charge in [-0.3, -0.25) is 9.69 Å². The first-order valence-electron chi connectivity index (χ1n) is 11.1. The van der Waals surface area contributed by atoms with E-state index >= 15 is 0 Å². The molecular weight excluding hydrogens is 476 g/mol. The second-order valence-electron chi connectivity index (χ2n) is 8.98. The van der Waals surface area contributed by atoms with Crippen LogP contribution in [-0.4, -0.2) is 46.1 Å². The molecule has 1 aliphatic heterocycles. The summed E-state index contributed by atoms with van der Waals surface area (Å²) in [5, 5.41) is 21.8. The Balaban J connectivity index is 1.34. The molecule has 0 aliphatic carbocycles. The quantitative estimate of drug-likeness (QED) is 0.486. The molecule has 1 fully saturated rings. The molecule has 1 amide bonds. The summed E-state index contributed by atoms with van der Waals surface area (Å²) in [6.07, 6.45) is -3.87. The second-order valence-corrected chi connectivity index (χ2v) is 8.98. The van der Waals surface area contributed by atoms with E-state index in [2.05, 4.69) is 10.3 Å². The molecule has 0 radical (unpaired) electrons. The maximum Gasteiger partial charge on any atom is 0.419 e. The molecule has 2 N–H and O–H groups in total. The topological polar surface area (TPSA) is 89.2 Å². The predicted molar refractivity (Wildman–Crippen MR) is 124 cm³/mol. The molecule has 186 valence electrons. The number of anilines is 1. The fourth-order valence-corrected chi connectivity index (χ4v) is 4.11. The second kappa shape index (κ2) is 9.68. The van der Waals surface area contributed by atoms with Crippen molar-refractivity contribution in [2.24, 2.45) is 0 Å². The van der Waals surface area contributed by atoms with Crippen molar-refractivity contribution in [2.45, 2.75) is 24.6 Å². The fourth-order valence-electron chi connectivity index (χ4n) is 4.11. The number of nitrogens with one attached hydrogen (secondary N) is 1. The van der Waals surface area contributed by atoms with Crippen LogP contribution in [0, 0.1) is 17.1 Å². The number of carbonyl (C=O) groups is 1. The Morgan fingerprint density at radius 2 is 1.72 bits per heavy atom. The zero-order valence-corrected chi connectivity index (χ0v) is 19.2. The number of carbonyl (C=O) groups excluding carboxylic acids is 1. The van der Waals surface area contributed by atoms with Crippen LogP contribution in [0.2, 0.25) is 0 Å². The van der Waals surface area contributed by atoms with E-state index in [1.165, 1.54) is 25.1 Å². The van der Waals surface area contributed by atoms with Gasteiger partial charge in [0, 0.05) is 25.6 Å². The standard InChI is InChI=1S/C26H22F4N4O2/c1-25(36,24(35)33-21-10-22(26(28,29)30)23(11-31)32-12-21)15-34-13-19(14-34)18-4-2-16(3-5-18)17-6-8-20(27)9-7-17/h2-10,12,19,36H,13-15H2,1H3,(H,33,35)/t25-/m0/s1. The van der Waals surface area contributed by atoms with Crippen LogP contribution in [0.1, 0.15) is 29.7 Å². The van der Waals surface area contributed by atoms with Crippen LogP contribution in [0.25, 0.3) is 11.1 Å². The van der Waals surface area contributed by atoms with Gasteiger partial charge in [0.15, 0.2) is 11.3 Å². The monoisotopic (exact) mass is 498 g/mol. The van der Waals surface area contributed by atoms with Crippen molar-refractivity contribution in [2.75, 3.05) is 25.0 Å². The summed E-state index contributed by atoms with van der Waals surface area (Å²) in [7, 11) is 0. The number of alkyl halides is 3. The van der Waals surface area contributed by atoms with E-state index in [1.807, 2.05) is 29.2 Å². The molecule has 6 nitrogen and oxygen atoms in total. The van der Waals surface area contributed by atoms with Crippen molar-refractivity contribution in [1.29, 1.82) is 5.26 Å². The summed E-state index contributed by atoms with van der Waals surface area (Å²) >= 11 is 0. The number of rotatable bonds is 6. The summed E-state index contributed by atoms with van der Waals surface area (Å²) in [6.45, 7) is 2.46. The van der Waals surface area contributed by atoms with E-state index in [-0.39, 0.29) is 24.0 Å². The van der Waals surface area contributed by atoms with Crippen molar-refractivity contribution in [3.8, 4) is 17.2 Å². The zero-order chi connectivity index (χ0) is 26.1. The SMILES string of the molecule is C[C@](O)(CN1CC(c2ccc(-c3ccc(F)cc3)cc2)C1)C(=O)Nc1cnc(C#N)c(C(F)(F)F)c1. The molecule has 4 rings (SSSR count). The molecule has 0 bridgehead atoms. The van der Waals surface area contributed by atoms with Gasteiger partial charge in [0.1, 0.15) is 11.9 Å². The number of hydrogen-bond acceptors (Lipinski definition) is 5. The predicted octanol–water partition coefficient (Wildman–Crippen LogP) is 4.57. The maximum absolute atomic E-state index is 13.1. The smallest absolute Gasteiger partial charge is 0.379 e. The number of hydrogen-bond donors (Lipinski definition) is 2. The normalized spacial score (nSPS) is 16.0. The van der Waals surface area contributed by atoms with Crippen LogP contribution in [0.3, 0.4) is 0 Å². The van der Waals surface area contributed by atoms with Gasteiger partial charge in [-0.15, -0.1) is 0 Å². The molecule has 2 heterocycles. The molecule has 36 heavy (non-hydrogen) atoms. The van der Waals surface area contributed by atoms with E-state index in [1.54, 1.807) is 12.1 Å². The number of aliphatic hydroxyl groups is 1. The van der Waals surface area contributed by atoms with Gasteiger partial charge >= 0.3 is 6.18 Å². The summed E-state index contributed by atoms with van der Waals surface area (Å²) < 4.78 is 52.5. The van der Waals surface area contributed by atoms with Crippen LogP contribution >= 0.6 is 0 Å². The fraction of sp³-hybridized carbons (Fsp3) is 0.269. The first-order chi connectivity index (χ1) is 17.0. The van der Waals surface area contributed by atoms with Crippen LogP contribution in [0.4, 0.5) is 23.2 Å². The van der Waals surface area contributed by atoms with Crippen molar-refractivity contribution in [1.82, 2.24) is 9.88 Å². The number of nitrogens with zero attached hydrogens (tertiary/aromatic N) is 3. The summed E-state index contributed by atoms with van der Waals surface area (Å²) in [5.41, 5.74) is -1.26. The third-order valence-corrected chi connectivity index (χ3v) is 6.09. The van der Waals surface area contributed by atoms with Gasteiger partial charge in [-0.2, -0.15) is 18.4 Å². The van der Waals surface area contributed by atoms with Gasteiger partial charge in [0.2, 0.25) is 0 Å². The molecule has 2 aromatic carbocycles. The molecule has 1 atom stereocenters. The Bertz CT molecular complexity index is 1290. The number of halogens is 4. The Morgan fingerprint density at radius 1 is 1.14 bits per heavy atom. The highest BCUT2D eigenvalue weighted by molar-refractivity contribution is 5.97. The highest BCUT2D eigenvalue weighted by atomic mass is 19.4. The molecule has 0 spiro atoms. The Kier molecular flexibility index (Phi) is 6.80. The molecule has 3 aromatic rings. The van der Waals surface area contributed by atoms with E-state index in [9.17, 15) is 27.5 Å². The minimum Gasteiger partial charge on any atom is -0.379 e. The lowest BCUT2D eigenvalue weighted by Gasteiger charge is -2.42. The molecule has 1 aliphatic rings. The molecule has 0 saturated carbocycles. The summed E-state index contributed by atoms with van der Waals surface area (Å²) in [5.74, 6) is -0.980. The van der Waals surface area contributed by atoms with Crippen LogP contribution < -0.4 is 5.32 Å². The van der Waals surface area contributed by atoms with Gasteiger partial charge < -0.3 is 10.4 Å². The van der Waals surface area contributed by atoms with Gasteiger partial charge in [-0.25, -0.2) is 9.37 Å². The Hall–Kier alpha value is -3.81. The minimum absolute atomic E-state index is 0.0150. The lowest BCUT2D eigenvalue weighted by atomic mass is 9.89. The van der Waals surface area contributed by atoms with Gasteiger partial charge in [0.05, 0.1) is 17.4 Å². The maximum atomic E-state index is 13.1. The third-order valence-electron chi connectivity index (χ3n) is 6.09. The Morgan fingerprint density at radius 3 is 2.28 bits per heavy atom. The third kappa shape index (κ3) is 5.53. The number of amides is 1. The minimum atomic E-state index is -4.81. The largest absolute Gasteiger partial charge is 0.419 e. The lowest BCUT2D eigenvalue weighted by molar-refractivity contribution is -0.138. The van der Waals surface area contributed by atoms with Crippen molar-refractivity contribution in [3.63, 3.8) is 0 Å². The highest BCUT2D eigenvalue weighted by Crippen LogP contribution is 2.33. The summed E-state index contributed by atoms with van der Waals surface area (Å²) in [4.78, 5) is 17.9. The van der Waals surface area contributed by atoms with E-state index in [4.69, 9.17) is 5.26 Å². The van der Waals surface area contributed by atoms with Crippen molar-refractivity contribution in [3.05, 3.63) is 83.4 Å². The number of benzene rings is 2. The number of nitriles is 1. The highest BCUT2D eigenvalue weighted by Gasteiger charge is 2.39. The van der Waals surface area contributed by atoms with Gasteiger partial charge in [-0.1, -0.05) is 36.4 Å². The molecule has 0 unspecified atom stereocenters. The molecular formula is C26H22F4N4O2. The average Bonchev–Trinajstić information content (AvgIpc) is 2.81. The number of likely N-dealkylation sites (tertiary alicyclic amines) is 1. The number of β-amino-alcohol motifs (C(OH)–C–C–N with tert-alkyl or cyclic N) is 1. The first-order valence-corrected chi connectivity index (χ1v) is 11.1. The van der Waals surface area contributed by atoms with E-state index in [0.717, 1.165) is 22.9 Å². The lowest BCUT2D eigenvalue weighted by Crippen LogP contribution is -2.55. The zero-order valence-electron chi connectivity index (χ0n) is 19.2. The molecule has 10 heteroatoms. The Labute approximate surface area is 204 Å². The van der Waals surface area contributed by atoms with Crippen molar-refractivity contribution < 1.29 is 27.5 Å². The number of aromatic nitrogens is 1. The van der Waals surface area contributed by atoms with Gasteiger partial charge in [0.25, 0.3) is 5.91 Å². The molecule has 1 aromatic heterocycles. The average molecular weight is 498 g/mol.